The molecule has 0 atom stereocenters. The van der Waals surface area contributed by atoms with Gasteiger partial charge in [-0.15, -0.1) is 11.6 Å². The number of hydrogen-bond donors (Lipinski definition) is 1. The van der Waals surface area contributed by atoms with Gasteiger partial charge in [0, 0.05) is 11.1 Å². The van der Waals surface area contributed by atoms with Crippen molar-refractivity contribution in [2.45, 2.75) is 0 Å². The fourth-order valence-electron chi connectivity index (χ4n) is 0.173. The molecule has 0 aliphatic rings. The number of allylic oxidation sites excluding steroid dienone is 1. The molecule has 0 bridgehead atoms. The second-order valence-corrected chi connectivity index (χ2v) is 1.82. The molecule has 0 aromatic carbocycles. The summed E-state index contributed by atoms with van der Waals surface area (Å²) in [5, 5.41) is 8.13. The minimum absolute atomic E-state index is 0.0495. The maximum Gasteiger partial charge on any atom is 0.329 e. The molecule has 1 N–H and O–H groups in total. The van der Waals surface area contributed by atoms with Crippen LogP contribution in [0.15, 0.2) is 11.1 Å². The zero-order valence-electron chi connectivity index (χ0n) is 3.90. The lowest BCUT2D eigenvalue weighted by Gasteiger charge is -1.83. The molecule has 0 aromatic heterocycles. The van der Waals surface area contributed by atoms with Crippen LogP contribution in [0.2, 0.25) is 0 Å². The molecule has 0 spiro atoms. The van der Waals surface area contributed by atoms with E-state index in [-0.39, 0.29) is 10.9 Å². The van der Waals surface area contributed by atoms with E-state index in [0.29, 0.717) is 0 Å². The average Bonchev–Trinajstić information content (AvgIpc) is 1.65. The van der Waals surface area contributed by atoms with Gasteiger partial charge in [-0.3, -0.25) is 0 Å². The zero-order valence-corrected chi connectivity index (χ0v) is 5.41. The molecular formula is C4H4Cl2O2. The van der Waals surface area contributed by atoms with Crippen LogP contribution in [-0.4, -0.2) is 17.0 Å². The van der Waals surface area contributed by atoms with Crippen molar-refractivity contribution in [1.29, 1.82) is 0 Å². The standard InChI is InChI=1S/C4H4Cl2O2/c5-2-3(6)1-4(7)8/h1H,2H2,(H,7,8). The summed E-state index contributed by atoms with van der Waals surface area (Å²) < 4.78 is 0. The van der Waals surface area contributed by atoms with Crippen LogP contribution in [0.5, 0.6) is 0 Å². The van der Waals surface area contributed by atoms with E-state index >= 15 is 0 Å². The third-order valence-electron chi connectivity index (χ3n) is 0.408. The van der Waals surface area contributed by atoms with Gasteiger partial charge in [0.25, 0.3) is 0 Å². The Balaban J connectivity index is 3.75. The van der Waals surface area contributed by atoms with E-state index < -0.39 is 5.97 Å². The van der Waals surface area contributed by atoms with Crippen molar-refractivity contribution in [3.05, 3.63) is 11.1 Å². The van der Waals surface area contributed by atoms with Gasteiger partial charge >= 0.3 is 5.97 Å². The van der Waals surface area contributed by atoms with Crippen LogP contribution in [-0.2, 0) is 4.79 Å². The van der Waals surface area contributed by atoms with E-state index in [1.807, 2.05) is 0 Å². The summed E-state index contributed by atoms with van der Waals surface area (Å²) >= 11 is 10.3. The zero-order chi connectivity index (χ0) is 6.57. The number of alkyl halides is 1. The first kappa shape index (κ1) is 7.79. The third kappa shape index (κ3) is 3.96. The molecule has 0 unspecified atom stereocenters. The van der Waals surface area contributed by atoms with Gasteiger partial charge in [0.15, 0.2) is 0 Å². The highest BCUT2D eigenvalue weighted by atomic mass is 35.5. The minimum Gasteiger partial charge on any atom is -0.478 e. The lowest BCUT2D eigenvalue weighted by molar-refractivity contribution is -0.131. The normalized spacial score (nSPS) is 11.5. The highest BCUT2D eigenvalue weighted by Crippen LogP contribution is 2.01. The van der Waals surface area contributed by atoms with E-state index in [2.05, 4.69) is 0 Å². The fourth-order valence-corrected chi connectivity index (χ4v) is 0.343. The van der Waals surface area contributed by atoms with E-state index in [4.69, 9.17) is 28.3 Å². The molecular weight excluding hydrogens is 151 g/mol. The molecule has 0 saturated heterocycles. The van der Waals surface area contributed by atoms with Crippen LogP contribution in [0, 0.1) is 0 Å². The summed E-state index contributed by atoms with van der Waals surface area (Å²) in [6.07, 6.45) is 0.856. The number of carboxylic acids is 1. The van der Waals surface area contributed by atoms with Crippen LogP contribution in [0.4, 0.5) is 0 Å². The smallest absolute Gasteiger partial charge is 0.329 e. The number of hydrogen-bond acceptors (Lipinski definition) is 1. The first-order chi connectivity index (χ1) is 3.66. The minimum atomic E-state index is -1.07. The molecule has 0 aliphatic carbocycles. The summed E-state index contributed by atoms with van der Waals surface area (Å²) in [6.45, 7) is 0. The van der Waals surface area contributed by atoms with Crippen molar-refractivity contribution in [2.75, 3.05) is 5.88 Å². The molecule has 0 radical (unpaired) electrons. The molecule has 46 valence electrons. The maximum atomic E-state index is 9.75. The fraction of sp³-hybridized carbons (Fsp3) is 0.250. The lowest BCUT2D eigenvalue weighted by atomic mass is 10.5. The molecule has 0 amide bonds. The van der Waals surface area contributed by atoms with Crippen LogP contribution in [0.25, 0.3) is 0 Å². The van der Waals surface area contributed by atoms with Crippen molar-refractivity contribution in [2.24, 2.45) is 0 Å². The largest absolute Gasteiger partial charge is 0.478 e. The molecule has 0 heterocycles. The number of carbonyl (C=O) groups is 1. The van der Waals surface area contributed by atoms with E-state index in [1.165, 1.54) is 0 Å². The van der Waals surface area contributed by atoms with Crippen molar-refractivity contribution >= 4 is 29.2 Å². The Morgan fingerprint density at radius 1 is 1.75 bits per heavy atom. The van der Waals surface area contributed by atoms with Gasteiger partial charge in [-0.1, -0.05) is 11.6 Å². The first-order valence-electron chi connectivity index (χ1n) is 1.81. The second-order valence-electron chi connectivity index (χ2n) is 1.06. The molecule has 4 heteroatoms. The van der Waals surface area contributed by atoms with Crippen molar-refractivity contribution < 1.29 is 9.90 Å². The number of halogens is 2. The lowest BCUT2D eigenvalue weighted by Crippen LogP contribution is -1.88. The Labute approximate surface area is 56.7 Å². The number of rotatable bonds is 2. The van der Waals surface area contributed by atoms with Crippen molar-refractivity contribution in [1.82, 2.24) is 0 Å². The average molecular weight is 155 g/mol. The topological polar surface area (TPSA) is 37.3 Å². The highest BCUT2D eigenvalue weighted by molar-refractivity contribution is 6.36. The summed E-state index contributed by atoms with van der Waals surface area (Å²) in [4.78, 5) is 9.75. The Kier molecular flexibility index (Phi) is 3.65. The van der Waals surface area contributed by atoms with Crippen molar-refractivity contribution in [3.63, 3.8) is 0 Å². The summed E-state index contributed by atoms with van der Waals surface area (Å²) in [5.41, 5.74) is 0. The van der Waals surface area contributed by atoms with Gasteiger partial charge in [0.05, 0.1) is 5.88 Å². The molecule has 0 fully saturated rings. The summed E-state index contributed by atoms with van der Waals surface area (Å²) in [7, 11) is 0. The van der Waals surface area contributed by atoms with Gasteiger partial charge in [0.2, 0.25) is 0 Å². The summed E-state index contributed by atoms with van der Waals surface area (Å²) in [5.74, 6) is -1.02. The molecule has 0 aromatic rings. The predicted molar refractivity (Wildman–Crippen MR) is 32.3 cm³/mol. The van der Waals surface area contributed by atoms with Gasteiger partial charge in [-0.2, -0.15) is 0 Å². The molecule has 0 saturated carbocycles. The van der Waals surface area contributed by atoms with E-state index in [0.717, 1.165) is 6.08 Å². The SMILES string of the molecule is O=C(O)C=C(Cl)CCl. The molecule has 0 rings (SSSR count). The van der Waals surface area contributed by atoms with Gasteiger partial charge in [0.1, 0.15) is 0 Å². The predicted octanol–water partition coefficient (Wildman–Crippen LogP) is 1.43. The Morgan fingerprint density at radius 2 is 2.25 bits per heavy atom. The van der Waals surface area contributed by atoms with Crippen LogP contribution in [0.1, 0.15) is 0 Å². The van der Waals surface area contributed by atoms with Crippen LogP contribution < -0.4 is 0 Å². The molecule has 2 nitrogen and oxygen atoms in total. The summed E-state index contributed by atoms with van der Waals surface area (Å²) in [6, 6.07) is 0. The van der Waals surface area contributed by atoms with Gasteiger partial charge < -0.3 is 5.11 Å². The first-order valence-corrected chi connectivity index (χ1v) is 2.73. The highest BCUT2D eigenvalue weighted by Gasteiger charge is 1.91. The number of carboxylic acid groups (broad SMARTS) is 1. The van der Waals surface area contributed by atoms with Gasteiger partial charge in [-0.05, 0) is 0 Å². The Hall–Kier alpha value is -0.210. The second kappa shape index (κ2) is 3.75. The van der Waals surface area contributed by atoms with Crippen LogP contribution in [0.3, 0.4) is 0 Å². The quantitative estimate of drug-likeness (QED) is 0.483. The van der Waals surface area contributed by atoms with E-state index in [1.54, 1.807) is 0 Å². The van der Waals surface area contributed by atoms with E-state index in [9.17, 15) is 4.79 Å². The van der Waals surface area contributed by atoms with Gasteiger partial charge in [-0.25, -0.2) is 4.79 Å². The number of aliphatic carboxylic acids is 1. The molecule has 0 aliphatic heterocycles. The van der Waals surface area contributed by atoms with Crippen LogP contribution >= 0.6 is 23.2 Å². The monoisotopic (exact) mass is 154 g/mol. The maximum absolute atomic E-state index is 9.75. The Morgan fingerprint density at radius 3 is 2.38 bits per heavy atom. The third-order valence-corrected chi connectivity index (χ3v) is 1.08. The molecule has 8 heavy (non-hydrogen) atoms. The Bertz CT molecular complexity index is 119. The van der Waals surface area contributed by atoms with Crippen molar-refractivity contribution in [3.8, 4) is 0 Å².